The van der Waals surface area contributed by atoms with E-state index in [0.29, 0.717) is 0 Å². The van der Waals surface area contributed by atoms with Gasteiger partial charge in [-0.3, -0.25) is 14.8 Å². The lowest BCUT2D eigenvalue weighted by molar-refractivity contribution is -0.120. The Hall–Kier alpha value is -1.36. The molecular weight excluding hydrogens is 231 g/mol. The molecule has 0 fully saturated rings. The number of nitrogens with one attached hydrogen (secondary N) is 1. The third kappa shape index (κ3) is 4.02. The Morgan fingerprint density at radius 1 is 1.50 bits per heavy atom. The van der Waals surface area contributed by atoms with Gasteiger partial charge in [-0.05, 0) is 19.1 Å². The first-order valence-electron chi connectivity index (χ1n) is 4.56. The number of benzene rings is 1. The van der Waals surface area contributed by atoms with Crippen molar-refractivity contribution in [3.63, 3.8) is 0 Å². The van der Waals surface area contributed by atoms with Crippen LogP contribution in [0.4, 0.5) is 0 Å². The van der Waals surface area contributed by atoms with E-state index in [1.807, 2.05) is 5.09 Å². The molecule has 16 heavy (non-hydrogen) atoms. The van der Waals surface area contributed by atoms with Crippen LogP contribution in [0.1, 0.15) is 6.92 Å². The fraction of sp³-hybridized carbons (Fsp3) is 0.222. The predicted octanol–water partition coefficient (Wildman–Crippen LogP) is 0.629. The number of nitrogens with two attached hydrogens (primary N) is 1. The molecule has 0 aliphatic heterocycles. The van der Waals surface area contributed by atoms with Gasteiger partial charge in [0.25, 0.3) is 0 Å². The van der Waals surface area contributed by atoms with Gasteiger partial charge in [0, 0.05) is 0 Å². The fourth-order valence-electron chi connectivity index (χ4n) is 0.888. The lowest BCUT2D eigenvalue weighted by Gasteiger charge is -2.15. The quantitative estimate of drug-likeness (QED) is 0.674. The third-order valence-electron chi connectivity index (χ3n) is 1.64. The molecule has 0 aliphatic rings. The zero-order valence-electron chi connectivity index (χ0n) is 8.66. The molecule has 6 nitrogen and oxygen atoms in total. The van der Waals surface area contributed by atoms with Crippen molar-refractivity contribution in [2.75, 3.05) is 0 Å². The monoisotopic (exact) mass is 244 g/mol. The van der Waals surface area contributed by atoms with Crippen LogP contribution < -0.4 is 15.3 Å². The van der Waals surface area contributed by atoms with Crippen LogP contribution in [0.3, 0.4) is 0 Å². The summed E-state index contributed by atoms with van der Waals surface area (Å²) in [4.78, 5) is 20.4. The Bertz CT molecular complexity index is 407. The smallest absolute Gasteiger partial charge is 0.409 e. The van der Waals surface area contributed by atoms with Crippen LogP contribution in [0.15, 0.2) is 30.3 Å². The van der Waals surface area contributed by atoms with Crippen molar-refractivity contribution in [2.24, 2.45) is 5.73 Å². The second-order valence-corrected chi connectivity index (χ2v) is 4.64. The van der Waals surface area contributed by atoms with Gasteiger partial charge in [0.15, 0.2) is 0 Å². The largest absolute Gasteiger partial charge is 0.486 e. The standard InChI is InChI=1S/C9H13N2O4P/c1-7(10)9(12)11-16(13,14)15-8-5-3-2-4-6-8/h2-7H,10H2,1H3,(H2,11,12,13,14)/t7-/m0/s1. The molecule has 0 saturated carbocycles. The van der Waals surface area contributed by atoms with Crippen LogP contribution in [0.5, 0.6) is 5.75 Å². The molecule has 1 unspecified atom stereocenters. The van der Waals surface area contributed by atoms with Crippen molar-refractivity contribution < 1.29 is 18.8 Å². The maximum Gasteiger partial charge on any atom is 0.486 e. The fourth-order valence-corrected chi connectivity index (χ4v) is 1.82. The van der Waals surface area contributed by atoms with Crippen LogP contribution in [-0.2, 0) is 9.36 Å². The van der Waals surface area contributed by atoms with E-state index in [1.54, 1.807) is 18.2 Å². The molecule has 0 radical (unpaired) electrons. The molecule has 1 aromatic carbocycles. The minimum Gasteiger partial charge on any atom is -0.409 e. The highest BCUT2D eigenvalue weighted by Gasteiger charge is 2.25. The van der Waals surface area contributed by atoms with Crippen molar-refractivity contribution in [3.8, 4) is 5.75 Å². The van der Waals surface area contributed by atoms with Gasteiger partial charge in [0.1, 0.15) is 5.75 Å². The summed E-state index contributed by atoms with van der Waals surface area (Å²) in [7, 11) is -4.20. The van der Waals surface area contributed by atoms with Crippen molar-refractivity contribution in [3.05, 3.63) is 30.3 Å². The number of amides is 1. The van der Waals surface area contributed by atoms with Crippen LogP contribution in [0.25, 0.3) is 0 Å². The molecule has 0 aliphatic carbocycles. The predicted molar refractivity (Wildman–Crippen MR) is 58.7 cm³/mol. The Kier molecular flexibility index (Phi) is 4.06. The summed E-state index contributed by atoms with van der Waals surface area (Å²) in [6.07, 6.45) is 0. The molecule has 4 N–H and O–H groups in total. The van der Waals surface area contributed by atoms with Crippen molar-refractivity contribution in [1.29, 1.82) is 0 Å². The van der Waals surface area contributed by atoms with Crippen LogP contribution in [0.2, 0.25) is 0 Å². The van der Waals surface area contributed by atoms with Crippen molar-refractivity contribution in [1.82, 2.24) is 5.09 Å². The topological polar surface area (TPSA) is 102 Å². The third-order valence-corrected chi connectivity index (χ3v) is 2.60. The Morgan fingerprint density at radius 2 is 2.06 bits per heavy atom. The van der Waals surface area contributed by atoms with E-state index < -0.39 is 19.7 Å². The molecule has 7 heteroatoms. The summed E-state index contributed by atoms with van der Waals surface area (Å²) in [5, 5.41) is 1.83. The molecular formula is C9H13N2O4P. The molecule has 1 amide bonds. The van der Waals surface area contributed by atoms with Gasteiger partial charge in [-0.1, -0.05) is 18.2 Å². The van der Waals surface area contributed by atoms with E-state index in [9.17, 15) is 14.3 Å². The molecule has 0 saturated heterocycles. The lowest BCUT2D eigenvalue weighted by atomic mass is 10.3. The Balaban J connectivity index is 2.66. The summed E-state index contributed by atoms with van der Waals surface area (Å²) in [6, 6.07) is 7.14. The SMILES string of the molecule is C[C@H](N)C(=O)NP(=O)(O)Oc1ccccc1. The number of hydrogen-bond acceptors (Lipinski definition) is 4. The zero-order chi connectivity index (χ0) is 12.2. The van der Waals surface area contributed by atoms with Gasteiger partial charge in [-0.25, -0.2) is 4.57 Å². The molecule has 0 spiro atoms. The van der Waals surface area contributed by atoms with Gasteiger partial charge < -0.3 is 10.3 Å². The van der Waals surface area contributed by atoms with Crippen LogP contribution in [-0.4, -0.2) is 16.8 Å². The van der Waals surface area contributed by atoms with E-state index in [-0.39, 0.29) is 5.75 Å². The maximum absolute atomic E-state index is 11.4. The second kappa shape index (κ2) is 5.12. The van der Waals surface area contributed by atoms with Gasteiger partial charge in [0.05, 0.1) is 6.04 Å². The molecule has 0 bridgehead atoms. The van der Waals surface area contributed by atoms with E-state index >= 15 is 0 Å². The highest BCUT2D eigenvalue weighted by Crippen LogP contribution is 2.37. The van der Waals surface area contributed by atoms with Gasteiger partial charge >= 0.3 is 7.75 Å². The summed E-state index contributed by atoms with van der Waals surface area (Å²) < 4.78 is 16.2. The number of carbonyl (C=O) groups excluding carboxylic acids is 1. The highest BCUT2D eigenvalue weighted by molar-refractivity contribution is 7.51. The number of rotatable bonds is 4. The van der Waals surface area contributed by atoms with E-state index in [4.69, 9.17) is 10.3 Å². The van der Waals surface area contributed by atoms with Crippen LogP contribution in [0, 0.1) is 0 Å². The minimum atomic E-state index is -4.20. The number of hydrogen-bond donors (Lipinski definition) is 3. The second-order valence-electron chi connectivity index (χ2n) is 3.19. The average molecular weight is 244 g/mol. The summed E-state index contributed by atoms with van der Waals surface area (Å²) in [5.41, 5.74) is 5.24. The van der Waals surface area contributed by atoms with Crippen LogP contribution >= 0.6 is 7.75 Å². The van der Waals surface area contributed by atoms with Gasteiger partial charge in [-0.2, -0.15) is 0 Å². The Morgan fingerprint density at radius 3 is 2.56 bits per heavy atom. The van der Waals surface area contributed by atoms with Crippen molar-refractivity contribution >= 4 is 13.7 Å². The number of carbonyl (C=O) groups is 1. The molecule has 0 aromatic heterocycles. The van der Waals surface area contributed by atoms with E-state index in [2.05, 4.69) is 0 Å². The van der Waals surface area contributed by atoms with E-state index in [1.165, 1.54) is 19.1 Å². The number of para-hydroxylation sites is 1. The lowest BCUT2D eigenvalue weighted by Crippen LogP contribution is -2.37. The van der Waals surface area contributed by atoms with E-state index in [0.717, 1.165) is 0 Å². The summed E-state index contributed by atoms with van der Waals surface area (Å²) in [5.74, 6) is -0.555. The van der Waals surface area contributed by atoms with Gasteiger partial charge in [0.2, 0.25) is 5.91 Å². The summed E-state index contributed by atoms with van der Waals surface area (Å²) >= 11 is 0. The first kappa shape index (κ1) is 12.7. The summed E-state index contributed by atoms with van der Waals surface area (Å²) in [6.45, 7) is 1.40. The molecule has 1 rings (SSSR count). The molecule has 1 aromatic rings. The van der Waals surface area contributed by atoms with Crippen molar-refractivity contribution in [2.45, 2.75) is 13.0 Å². The first-order chi connectivity index (χ1) is 7.41. The molecule has 88 valence electrons. The first-order valence-corrected chi connectivity index (χ1v) is 6.13. The highest BCUT2D eigenvalue weighted by atomic mass is 31.2. The maximum atomic E-state index is 11.4. The van der Waals surface area contributed by atoms with Gasteiger partial charge in [-0.15, -0.1) is 0 Å². The minimum absolute atomic E-state index is 0.193. The Labute approximate surface area is 93.0 Å². The zero-order valence-corrected chi connectivity index (χ0v) is 9.56. The molecule has 2 atom stereocenters. The average Bonchev–Trinajstić information content (AvgIpc) is 2.17. The normalized spacial score (nSPS) is 15.9. The molecule has 0 heterocycles.